The molecule has 5 nitrogen and oxygen atoms in total. The molecular weight excluding hydrogens is 214 g/mol. The van der Waals surface area contributed by atoms with E-state index in [1.807, 2.05) is 19.1 Å². The van der Waals surface area contributed by atoms with Crippen molar-refractivity contribution in [3.8, 4) is 0 Å². The Morgan fingerprint density at radius 3 is 2.67 bits per heavy atom. The van der Waals surface area contributed by atoms with E-state index in [2.05, 4.69) is 4.98 Å². The van der Waals surface area contributed by atoms with Gasteiger partial charge in [-0.05, 0) is 25.5 Å². The average molecular weight is 225 g/mol. The summed E-state index contributed by atoms with van der Waals surface area (Å²) in [5.74, 6) is 0.609. The minimum absolute atomic E-state index is 0.0573. The molecule has 0 radical (unpaired) electrons. The van der Waals surface area contributed by atoms with Crippen molar-refractivity contribution < 1.29 is 8.42 Å². The van der Waals surface area contributed by atoms with Crippen LogP contribution >= 0.6 is 0 Å². The molecule has 0 aromatic carbocycles. The summed E-state index contributed by atoms with van der Waals surface area (Å²) in [7, 11) is -3.76. The number of sulfonamides is 1. The summed E-state index contributed by atoms with van der Waals surface area (Å²) in [5, 5.41) is 5.04. The zero-order valence-corrected chi connectivity index (χ0v) is 9.25. The number of aryl methyl sites for hydroxylation is 2. The lowest BCUT2D eigenvalue weighted by atomic mass is 10.3. The second-order valence-corrected chi connectivity index (χ2v) is 4.90. The third-order valence-corrected chi connectivity index (χ3v) is 3.10. The Morgan fingerprint density at radius 2 is 2.07 bits per heavy atom. The lowest BCUT2D eigenvalue weighted by Crippen LogP contribution is -2.13. The van der Waals surface area contributed by atoms with Crippen molar-refractivity contribution in [2.24, 2.45) is 5.14 Å². The van der Waals surface area contributed by atoms with Crippen LogP contribution in [0.5, 0.6) is 0 Å². The van der Waals surface area contributed by atoms with Crippen LogP contribution in [0.25, 0.3) is 5.52 Å². The van der Waals surface area contributed by atoms with Crippen molar-refractivity contribution in [1.82, 2.24) is 9.38 Å². The summed E-state index contributed by atoms with van der Waals surface area (Å²) in [6.45, 7) is 3.56. The van der Waals surface area contributed by atoms with Crippen LogP contribution in [0.4, 0.5) is 0 Å². The number of fused-ring (bicyclic) bond motifs is 1. The molecule has 80 valence electrons. The fourth-order valence-corrected chi connectivity index (χ4v) is 2.40. The third kappa shape index (κ3) is 1.51. The van der Waals surface area contributed by atoms with Gasteiger partial charge in [-0.1, -0.05) is 6.07 Å². The highest BCUT2D eigenvalue weighted by Crippen LogP contribution is 2.19. The topological polar surface area (TPSA) is 77.5 Å². The summed E-state index contributed by atoms with van der Waals surface area (Å²) >= 11 is 0. The minimum Gasteiger partial charge on any atom is -0.302 e. The van der Waals surface area contributed by atoms with E-state index in [1.165, 1.54) is 0 Å². The first-order valence-electron chi connectivity index (χ1n) is 4.38. The molecule has 2 rings (SSSR count). The molecule has 2 heterocycles. The summed E-state index contributed by atoms with van der Waals surface area (Å²) in [5.41, 5.74) is 1.39. The number of rotatable bonds is 1. The number of aromatic nitrogens is 2. The van der Waals surface area contributed by atoms with Gasteiger partial charge in [0.15, 0.2) is 5.03 Å². The van der Waals surface area contributed by atoms with Crippen LogP contribution in [0.15, 0.2) is 23.4 Å². The van der Waals surface area contributed by atoms with E-state index in [9.17, 15) is 8.42 Å². The highest BCUT2D eigenvalue weighted by Gasteiger charge is 2.19. The first-order chi connectivity index (χ1) is 6.91. The van der Waals surface area contributed by atoms with E-state index in [4.69, 9.17) is 5.14 Å². The highest BCUT2D eigenvalue weighted by molar-refractivity contribution is 7.89. The summed E-state index contributed by atoms with van der Waals surface area (Å²) in [6.07, 6.45) is 1.76. The average Bonchev–Trinajstić information content (AvgIpc) is 2.45. The van der Waals surface area contributed by atoms with Crippen molar-refractivity contribution in [2.75, 3.05) is 0 Å². The van der Waals surface area contributed by atoms with Gasteiger partial charge in [0, 0.05) is 6.20 Å². The van der Waals surface area contributed by atoms with E-state index >= 15 is 0 Å². The monoisotopic (exact) mass is 225 g/mol. The molecular formula is C9H11N3O2S. The number of pyridine rings is 1. The van der Waals surface area contributed by atoms with Crippen LogP contribution in [0.3, 0.4) is 0 Å². The molecule has 0 unspecified atom stereocenters. The summed E-state index contributed by atoms with van der Waals surface area (Å²) < 4.78 is 24.3. The second-order valence-electron chi connectivity index (χ2n) is 3.42. The van der Waals surface area contributed by atoms with Gasteiger partial charge in [-0.2, -0.15) is 0 Å². The van der Waals surface area contributed by atoms with Crippen LogP contribution in [0.1, 0.15) is 11.4 Å². The lowest BCUT2D eigenvalue weighted by molar-refractivity contribution is 0.595. The van der Waals surface area contributed by atoms with E-state index in [-0.39, 0.29) is 5.03 Å². The molecule has 0 atom stereocenters. The van der Waals surface area contributed by atoms with E-state index in [0.29, 0.717) is 11.3 Å². The molecule has 2 aromatic rings. The smallest absolute Gasteiger partial charge is 0.257 e. The largest absolute Gasteiger partial charge is 0.302 e. The molecule has 0 saturated carbocycles. The van der Waals surface area contributed by atoms with Crippen LogP contribution in [-0.2, 0) is 10.0 Å². The predicted octanol–water partition coefficient (Wildman–Crippen LogP) is 0.599. The van der Waals surface area contributed by atoms with Crippen molar-refractivity contribution in [3.63, 3.8) is 0 Å². The molecule has 0 bridgehead atoms. The Hall–Kier alpha value is -1.40. The van der Waals surface area contributed by atoms with Gasteiger partial charge < -0.3 is 4.40 Å². The van der Waals surface area contributed by atoms with Gasteiger partial charge in [0.2, 0.25) is 0 Å². The fraction of sp³-hybridized carbons (Fsp3) is 0.222. The second kappa shape index (κ2) is 3.04. The van der Waals surface area contributed by atoms with E-state index < -0.39 is 10.0 Å². The Morgan fingerprint density at radius 1 is 1.40 bits per heavy atom. The van der Waals surface area contributed by atoms with Crippen LogP contribution in [-0.4, -0.2) is 17.8 Å². The van der Waals surface area contributed by atoms with Gasteiger partial charge in [-0.25, -0.2) is 18.5 Å². The van der Waals surface area contributed by atoms with Gasteiger partial charge in [-0.3, -0.25) is 0 Å². The molecule has 0 aliphatic rings. The Balaban J connectivity index is 3.01. The number of hydrogen-bond donors (Lipinski definition) is 1. The zero-order chi connectivity index (χ0) is 11.2. The molecule has 0 saturated heterocycles. The van der Waals surface area contributed by atoms with Crippen LogP contribution < -0.4 is 5.14 Å². The molecule has 0 aliphatic carbocycles. The van der Waals surface area contributed by atoms with Gasteiger partial charge in [-0.15, -0.1) is 0 Å². The Kier molecular flexibility index (Phi) is 2.06. The normalized spacial score (nSPS) is 12.2. The quantitative estimate of drug-likeness (QED) is 0.772. The first kappa shape index (κ1) is 10.1. The molecule has 0 aliphatic heterocycles. The third-order valence-electron chi connectivity index (χ3n) is 2.28. The maximum atomic E-state index is 11.3. The maximum Gasteiger partial charge on any atom is 0.257 e. The molecule has 0 amide bonds. The van der Waals surface area contributed by atoms with Crippen molar-refractivity contribution >= 4 is 15.5 Å². The Bertz CT molecular complexity index is 628. The lowest BCUT2D eigenvalue weighted by Gasteiger charge is -2.00. The van der Waals surface area contributed by atoms with Gasteiger partial charge in [0.1, 0.15) is 5.82 Å². The van der Waals surface area contributed by atoms with E-state index in [1.54, 1.807) is 17.5 Å². The molecule has 15 heavy (non-hydrogen) atoms. The van der Waals surface area contributed by atoms with Crippen LogP contribution in [0, 0.1) is 13.8 Å². The fourth-order valence-electron chi connectivity index (χ4n) is 1.61. The Labute approximate surface area is 87.6 Å². The number of imidazole rings is 1. The van der Waals surface area contributed by atoms with Crippen molar-refractivity contribution in [1.29, 1.82) is 0 Å². The van der Waals surface area contributed by atoms with Gasteiger partial charge in [0.25, 0.3) is 10.0 Å². The van der Waals surface area contributed by atoms with Crippen molar-refractivity contribution in [2.45, 2.75) is 18.9 Å². The predicted molar refractivity (Wildman–Crippen MR) is 56.0 cm³/mol. The van der Waals surface area contributed by atoms with Gasteiger partial charge in [0.05, 0.1) is 5.52 Å². The summed E-state index contributed by atoms with van der Waals surface area (Å²) in [6, 6.07) is 3.66. The van der Waals surface area contributed by atoms with E-state index in [0.717, 1.165) is 5.56 Å². The molecule has 2 aromatic heterocycles. The van der Waals surface area contributed by atoms with Crippen molar-refractivity contribution in [3.05, 3.63) is 29.7 Å². The zero-order valence-electron chi connectivity index (χ0n) is 8.43. The number of hydrogen-bond acceptors (Lipinski definition) is 3. The number of nitrogens with zero attached hydrogens (tertiary/aromatic N) is 2. The first-order valence-corrected chi connectivity index (χ1v) is 5.93. The van der Waals surface area contributed by atoms with Gasteiger partial charge >= 0.3 is 0 Å². The molecule has 2 N–H and O–H groups in total. The molecule has 6 heteroatoms. The highest BCUT2D eigenvalue weighted by atomic mass is 32.2. The maximum absolute atomic E-state index is 11.3. The minimum atomic E-state index is -3.76. The summed E-state index contributed by atoms with van der Waals surface area (Å²) in [4.78, 5) is 3.97. The number of nitrogens with two attached hydrogens (primary N) is 1. The molecule has 0 spiro atoms. The standard InChI is InChI=1S/C9H11N3O2S/c1-6-4-3-5-12-7(2)11-9(8(6)12)15(10,13)14/h3-5H,1-2H3,(H2,10,13,14). The molecule has 0 fully saturated rings. The number of primary sulfonamides is 1. The van der Waals surface area contributed by atoms with Crippen LogP contribution in [0.2, 0.25) is 0 Å². The SMILES string of the molecule is Cc1cccn2c(C)nc(S(N)(=O)=O)c12.